The number of ether oxygens (including phenoxy) is 2. The van der Waals surface area contributed by atoms with Crippen LogP contribution in [-0.2, 0) is 17.9 Å². The Hall–Kier alpha value is -3.22. The van der Waals surface area contributed by atoms with E-state index in [-0.39, 0.29) is 17.7 Å². The van der Waals surface area contributed by atoms with Gasteiger partial charge in [0.25, 0.3) is 11.1 Å². The lowest BCUT2D eigenvalue weighted by Crippen LogP contribution is -2.27. The first-order valence-electron chi connectivity index (χ1n) is 11.3. The van der Waals surface area contributed by atoms with E-state index in [9.17, 15) is 9.59 Å². The van der Waals surface area contributed by atoms with Crippen molar-refractivity contribution in [1.29, 1.82) is 0 Å². The molecule has 0 aromatic heterocycles. The number of imide groups is 1. The predicted molar refractivity (Wildman–Crippen MR) is 141 cm³/mol. The molecule has 1 heterocycles. The summed E-state index contributed by atoms with van der Waals surface area (Å²) in [5, 5.41) is 0.0758. The highest BCUT2D eigenvalue weighted by Crippen LogP contribution is 2.40. The summed E-state index contributed by atoms with van der Waals surface area (Å²) in [7, 11) is 0. The van der Waals surface area contributed by atoms with Gasteiger partial charge in [0.05, 0.1) is 23.1 Å². The Balaban J connectivity index is 1.56. The van der Waals surface area contributed by atoms with Crippen LogP contribution in [0.1, 0.15) is 34.7 Å². The van der Waals surface area contributed by atoms with E-state index in [2.05, 4.69) is 0 Å². The maximum Gasteiger partial charge on any atom is 0.293 e. The topological polar surface area (TPSA) is 55.8 Å². The molecule has 2 amide bonds. The van der Waals surface area contributed by atoms with Gasteiger partial charge in [-0.15, -0.1) is 0 Å². The van der Waals surface area contributed by atoms with Crippen molar-refractivity contribution >= 4 is 40.6 Å². The average molecular weight is 508 g/mol. The third kappa shape index (κ3) is 5.89. The van der Waals surface area contributed by atoms with Crippen LogP contribution in [0, 0.1) is 13.8 Å². The highest BCUT2D eigenvalue weighted by atomic mass is 35.5. The Labute approximate surface area is 214 Å². The molecule has 1 saturated heterocycles. The Bertz CT molecular complexity index is 1300. The van der Waals surface area contributed by atoms with E-state index in [0.717, 1.165) is 34.0 Å². The van der Waals surface area contributed by atoms with Crippen LogP contribution in [0.4, 0.5) is 4.79 Å². The molecule has 3 aromatic rings. The van der Waals surface area contributed by atoms with E-state index >= 15 is 0 Å². The van der Waals surface area contributed by atoms with Gasteiger partial charge in [0.2, 0.25) is 0 Å². The summed E-state index contributed by atoms with van der Waals surface area (Å²) in [6, 6.07) is 19.2. The maximum atomic E-state index is 13.0. The van der Waals surface area contributed by atoms with E-state index in [1.165, 1.54) is 4.90 Å². The highest BCUT2D eigenvalue weighted by Gasteiger charge is 2.35. The molecule has 7 heteroatoms. The van der Waals surface area contributed by atoms with Gasteiger partial charge in [0.15, 0.2) is 11.5 Å². The zero-order valence-electron chi connectivity index (χ0n) is 19.8. The standard InChI is InChI=1S/C28H26ClNO4S/c1-4-33-24-14-21(13-23(29)26(24)34-17-22-11-6-5-9-19(22)3)15-25-27(31)30(28(32)35-25)16-20-10-7-8-18(2)12-20/h5-15H,4,16-17H2,1-3H3/b25-15-. The zero-order chi connectivity index (χ0) is 24.9. The number of carbonyl (C=O) groups excluding carboxylic acids is 2. The third-order valence-electron chi connectivity index (χ3n) is 5.56. The monoisotopic (exact) mass is 507 g/mol. The molecule has 3 aromatic carbocycles. The lowest BCUT2D eigenvalue weighted by Gasteiger charge is -2.15. The lowest BCUT2D eigenvalue weighted by atomic mass is 10.1. The molecule has 0 spiro atoms. The summed E-state index contributed by atoms with van der Waals surface area (Å²) in [5.74, 6) is 0.607. The Morgan fingerprint density at radius 1 is 1.00 bits per heavy atom. The van der Waals surface area contributed by atoms with Crippen molar-refractivity contribution < 1.29 is 19.1 Å². The predicted octanol–water partition coefficient (Wildman–Crippen LogP) is 7.17. The summed E-state index contributed by atoms with van der Waals surface area (Å²) in [6.45, 7) is 6.89. The van der Waals surface area contributed by atoms with E-state index in [1.807, 2.05) is 69.3 Å². The van der Waals surface area contributed by atoms with Gasteiger partial charge in [-0.05, 0) is 73.0 Å². The molecule has 5 nitrogen and oxygen atoms in total. The molecule has 35 heavy (non-hydrogen) atoms. The summed E-state index contributed by atoms with van der Waals surface area (Å²) in [5.41, 5.74) is 4.82. The van der Waals surface area contributed by atoms with E-state index in [1.54, 1.807) is 18.2 Å². The van der Waals surface area contributed by atoms with E-state index in [0.29, 0.717) is 40.2 Å². The summed E-state index contributed by atoms with van der Waals surface area (Å²) in [4.78, 5) is 27.2. The number of amides is 2. The van der Waals surface area contributed by atoms with Crippen molar-refractivity contribution in [2.24, 2.45) is 0 Å². The molecule has 1 aliphatic rings. The van der Waals surface area contributed by atoms with Gasteiger partial charge in [0.1, 0.15) is 6.61 Å². The molecule has 0 bridgehead atoms. The van der Waals surface area contributed by atoms with Crippen molar-refractivity contribution in [1.82, 2.24) is 4.90 Å². The Morgan fingerprint density at radius 3 is 2.54 bits per heavy atom. The van der Waals surface area contributed by atoms with Crippen LogP contribution < -0.4 is 9.47 Å². The first-order chi connectivity index (χ1) is 16.9. The van der Waals surface area contributed by atoms with Crippen molar-refractivity contribution in [3.63, 3.8) is 0 Å². The summed E-state index contributed by atoms with van der Waals surface area (Å²) >= 11 is 7.50. The van der Waals surface area contributed by atoms with Crippen LogP contribution in [0.3, 0.4) is 0 Å². The Morgan fingerprint density at radius 2 is 1.80 bits per heavy atom. The van der Waals surface area contributed by atoms with Gasteiger partial charge in [-0.3, -0.25) is 14.5 Å². The van der Waals surface area contributed by atoms with Gasteiger partial charge in [0, 0.05) is 0 Å². The van der Waals surface area contributed by atoms with Crippen molar-refractivity contribution in [3.8, 4) is 11.5 Å². The molecule has 4 rings (SSSR count). The summed E-state index contributed by atoms with van der Waals surface area (Å²) in [6.07, 6.45) is 1.67. The van der Waals surface area contributed by atoms with E-state index in [4.69, 9.17) is 21.1 Å². The van der Waals surface area contributed by atoms with Crippen molar-refractivity contribution in [2.75, 3.05) is 6.61 Å². The van der Waals surface area contributed by atoms with Gasteiger partial charge >= 0.3 is 0 Å². The summed E-state index contributed by atoms with van der Waals surface area (Å²) < 4.78 is 11.8. The number of hydrogen-bond donors (Lipinski definition) is 0. The number of thioether (sulfide) groups is 1. The first kappa shape index (κ1) is 24.9. The SMILES string of the molecule is CCOc1cc(/C=C2\SC(=O)N(Cc3cccc(C)c3)C2=O)cc(Cl)c1OCc1ccccc1C. The van der Waals surface area contributed by atoms with E-state index < -0.39 is 0 Å². The molecule has 180 valence electrons. The molecular formula is C28H26ClNO4S. The zero-order valence-corrected chi connectivity index (χ0v) is 21.4. The first-order valence-corrected chi connectivity index (χ1v) is 12.5. The molecule has 1 aliphatic heterocycles. The van der Waals surface area contributed by atoms with Gasteiger partial charge in [-0.25, -0.2) is 0 Å². The van der Waals surface area contributed by atoms with Crippen LogP contribution in [0.15, 0.2) is 65.6 Å². The second kappa shape index (κ2) is 11.0. The Kier molecular flexibility index (Phi) is 7.83. The molecular weight excluding hydrogens is 482 g/mol. The molecule has 0 saturated carbocycles. The average Bonchev–Trinajstić information content (AvgIpc) is 3.07. The van der Waals surface area contributed by atoms with Crippen molar-refractivity contribution in [3.05, 3.63) is 98.4 Å². The molecule has 0 N–H and O–H groups in total. The highest BCUT2D eigenvalue weighted by molar-refractivity contribution is 8.18. The molecule has 0 unspecified atom stereocenters. The number of benzene rings is 3. The number of carbonyl (C=O) groups is 2. The van der Waals surface area contributed by atoms with Crippen LogP contribution >= 0.6 is 23.4 Å². The van der Waals surface area contributed by atoms with Gasteiger partial charge in [-0.1, -0.05) is 65.7 Å². The normalized spacial score (nSPS) is 14.6. The fourth-order valence-corrected chi connectivity index (χ4v) is 4.89. The second-order valence-corrected chi connectivity index (χ2v) is 9.64. The number of rotatable bonds is 8. The smallest absolute Gasteiger partial charge is 0.293 e. The van der Waals surface area contributed by atoms with Crippen LogP contribution in [0.5, 0.6) is 11.5 Å². The minimum atomic E-state index is -0.324. The minimum Gasteiger partial charge on any atom is -0.490 e. The molecule has 0 aliphatic carbocycles. The fourth-order valence-electron chi connectivity index (χ4n) is 3.78. The van der Waals surface area contributed by atoms with Crippen LogP contribution in [0.2, 0.25) is 5.02 Å². The quantitative estimate of drug-likeness (QED) is 0.302. The number of hydrogen-bond acceptors (Lipinski definition) is 5. The van der Waals surface area contributed by atoms with Gasteiger partial charge in [-0.2, -0.15) is 0 Å². The lowest BCUT2D eigenvalue weighted by molar-refractivity contribution is -0.123. The third-order valence-corrected chi connectivity index (χ3v) is 6.75. The van der Waals surface area contributed by atoms with Gasteiger partial charge < -0.3 is 9.47 Å². The number of aryl methyl sites for hydroxylation is 2. The van der Waals surface area contributed by atoms with Crippen LogP contribution in [-0.4, -0.2) is 22.7 Å². The van der Waals surface area contributed by atoms with Crippen LogP contribution in [0.25, 0.3) is 6.08 Å². The molecule has 0 radical (unpaired) electrons. The largest absolute Gasteiger partial charge is 0.490 e. The fraction of sp³-hybridized carbons (Fsp3) is 0.214. The minimum absolute atomic E-state index is 0.236. The second-order valence-electron chi connectivity index (χ2n) is 8.24. The number of nitrogens with zero attached hydrogens (tertiary/aromatic N) is 1. The number of halogens is 1. The molecule has 0 atom stereocenters. The molecule has 1 fully saturated rings. The van der Waals surface area contributed by atoms with Crippen molar-refractivity contribution in [2.45, 2.75) is 33.9 Å². The maximum absolute atomic E-state index is 13.0.